The van der Waals surface area contributed by atoms with E-state index in [0.29, 0.717) is 16.7 Å². The van der Waals surface area contributed by atoms with Gasteiger partial charge in [0, 0.05) is 7.05 Å². The molecule has 1 N–H and O–H groups in total. The van der Waals surface area contributed by atoms with Crippen LogP contribution in [0.5, 0.6) is 11.5 Å². The van der Waals surface area contributed by atoms with Gasteiger partial charge >= 0.3 is 0 Å². The lowest BCUT2D eigenvalue weighted by Gasteiger charge is -2.25. The van der Waals surface area contributed by atoms with Crippen molar-refractivity contribution in [2.24, 2.45) is 7.05 Å². The molecule has 9 heteroatoms. The van der Waals surface area contributed by atoms with Gasteiger partial charge in [-0.1, -0.05) is 23.9 Å². The van der Waals surface area contributed by atoms with Crippen LogP contribution in [-0.4, -0.2) is 45.0 Å². The topological polar surface area (TPSA) is 95.3 Å². The van der Waals surface area contributed by atoms with E-state index in [0.717, 1.165) is 0 Å². The van der Waals surface area contributed by atoms with Gasteiger partial charge in [-0.05, 0) is 12.1 Å². The van der Waals surface area contributed by atoms with E-state index in [1.54, 1.807) is 29.8 Å². The van der Waals surface area contributed by atoms with Gasteiger partial charge in [0.25, 0.3) is 5.91 Å². The van der Waals surface area contributed by atoms with Crippen molar-refractivity contribution in [2.45, 2.75) is 11.3 Å². The second kappa shape index (κ2) is 6.69. The van der Waals surface area contributed by atoms with Crippen LogP contribution in [0.25, 0.3) is 0 Å². The number of aryl methyl sites for hydroxylation is 1. The molecule has 0 spiro atoms. The molecule has 0 fully saturated rings. The highest BCUT2D eigenvalue weighted by Crippen LogP contribution is 2.30. The normalized spacial score (nSPS) is 16.0. The number of nitrogens with one attached hydrogen (secondary N) is 1. The predicted molar refractivity (Wildman–Crippen MR) is 81.2 cm³/mol. The third-order valence-corrected chi connectivity index (χ3v) is 4.10. The Morgan fingerprint density at radius 2 is 2.17 bits per heavy atom. The molecule has 1 aliphatic heterocycles. The van der Waals surface area contributed by atoms with E-state index in [-0.39, 0.29) is 12.4 Å². The zero-order chi connectivity index (χ0) is 16.2. The number of hydrogen-bond donors (Lipinski definition) is 1. The molecule has 0 aliphatic carbocycles. The fraction of sp³-hybridized carbons (Fsp3) is 0.286. The zero-order valence-corrected chi connectivity index (χ0v) is 13.1. The van der Waals surface area contributed by atoms with Crippen LogP contribution in [0.2, 0.25) is 0 Å². The summed E-state index contributed by atoms with van der Waals surface area (Å²) in [6.07, 6.45) is 0.685. The van der Waals surface area contributed by atoms with Gasteiger partial charge in [-0.25, -0.2) is 0 Å². The highest BCUT2D eigenvalue weighted by Gasteiger charge is 2.28. The number of ether oxygens (including phenoxy) is 2. The van der Waals surface area contributed by atoms with Crippen molar-refractivity contribution >= 4 is 23.6 Å². The first-order chi connectivity index (χ1) is 11.1. The number of benzene rings is 1. The van der Waals surface area contributed by atoms with E-state index >= 15 is 0 Å². The first-order valence-electron chi connectivity index (χ1n) is 6.82. The maximum Gasteiger partial charge on any atom is 0.271 e. The molecular weight excluding hydrogens is 320 g/mol. The maximum absolute atomic E-state index is 12.1. The first-order valence-corrected chi connectivity index (χ1v) is 7.81. The summed E-state index contributed by atoms with van der Waals surface area (Å²) in [5.74, 6) is 0.177. The summed E-state index contributed by atoms with van der Waals surface area (Å²) in [5.41, 5.74) is 0. The van der Waals surface area contributed by atoms with Crippen molar-refractivity contribution in [1.29, 1.82) is 0 Å². The van der Waals surface area contributed by atoms with Gasteiger partial charge in [-0.3, -0.25) is 14.9 Å². The van der Waals surface area contributed by atoms with Crippen LogP contribution in [0.1, 0.15) is 0 Å². The molecule has 0 bridgehead atoms. The molecule has 1 aliphatic rings. The summed E-state index contributed by atoms with van der Waals surface area (Å²) < 4.78 is 12.7. The Kier molecular flexibility index (Phi) is 4.47. The third-order valence-electron chi connectivity index (χ3n) is 3.07. The smallest absolute Gasteiger partial charge is 0.271 e. The van der Waals surface area contributed by atoms with Crippen LogP contribution in [0.15, 0.2) is 35.7 Å². The first kappa shape index (κ1) is 15.3. The standard InChI is InChI=1S/C14H14N4O4S/c1-18-8-15-17-14(18)23-7-12(19)16-13(20)11-6-21-9-4-2-3-5-10(9)22-11/h2-5,8,11H,6-7H2,1H3,(H,16,19,20)/t11-/m1/s1. The van der Waals surface area contributed by atoms with Crippen LogP contribution in [0, 0.1) is 0 Å². The lowest BCUT2D eigenvalue weighted by Crippen LogP contribution is -2.46. The fourth-order valence-electron chi connectivity index (χ4n) is 1.94. The molecule has 0 unspecified atom stereocenters. The van der Waals surface area contributed by atoms with E-state index in [4.69, 9.17) is 9.47 Å². The van der Waals surface area contributed by atoms with Gasteiger partial charge in [0.05, 0.1) is 5.75 Å². The Morgan fingerprint density at radius 3 is 2.91 bits per heavy atom. The largest absolute Gasteiger partial charge is 0.485 e. The summed E-state index contributed by atoms with van der Waals surface area (Å²) in [4.78, 5) is 23.9. The number of imide groups is 1. The quantitative estimate of drug-likeness (QED) is 0.808. The van der Waals surface area contributed by atoms with Crippen LogP contribution in [0.3, 0.4) is 0 Å². The summed E-state index contributed by atoms with van der Waals surface area (Å²) in [6.45, 7) is 0.0621. The van der Waals surface area contributed by atoms with Crippen molar-refractivity contribution < 1.29 is 19.1 Å². The van der Waals surface area contributed by atoms with Crippen LogP contribution in [-0.2, 0) is 16.6 Å². The molecule has 23 heavy (non-hydrogen) atoms. The number of carbonyl (C=O) groups excluding carboxylic acids is 2. The van der Waals surface area contributed by atoms with Crippen molar-refractivity contribution in [2.75, 3.05) is 12.4 Å². The van der Waals surface area contributed by atoms with Crippen LogP contribution >= 0.6 is 11.8 Å². The summed E-state index contributed by atoms with van der Waals surface area (Å²) >= 11 is 1.19. The summed E-state index contributed by atoms with van der Waals surface area (Å²) in [5, 5.41) is 10.5. The summed E-state index contributed by atoms with van der Waals surface area (Å²) in [7, 11) is 1.77. The second-order valence-corrected chi connectivity index (χ2v) is 5.73. The molecule has 2 aromatic rings. The number of thioether (sulfide) groups is 1. The minimum absolute atomic E-state index is 0.0580. The molecule has 1 atom stereocenters. The number of fused-ring (bicyclic) bond motifs is 1. The minimum Gasteiger partial charge on any atom is -0.485 e. The average Bonchev–Trinajstić information content (AvgIpc) is 2.97. The molecule has 3 rings (SSSR count). The number of aromatic nitrogens is 3. The molecular formula is C14H14N4O4S. The van der Waals surface area contributed by atoms with Crippen molar-refractivity contribution in [1.82, 2.24) is 20.1 Å². The molecule has 0 saturated carbocycles. The van der Waals surface area contributed by atoms with E-state index in [9.17, 15) is 9.59 Å². The number of rotatable bonds is 4. The Balaban J connectivity index is 1.51. The summed E-state index contributed by atoms with van der Waals surface area (Å²) in [6, 6.07) is 7.06. The second-order valence-electron chi connectivity index (χ2n) is 4.79. The molecule has 1 aromatic heterocycles. The van der Waals surface area contributed by atoms with Crippen LogP contribution in [0.4, 0.5) is 0 Å². The number of amides is 2. The molecule has 120 valence electrons. The average molecular weight is 334 g/mol. The van der Waals surface area contributed by atoms with E-state index < -0.39 is 17.9 Å². The third kappa shape index (κ3) is 3.62. The lowest BCUT2D eigenvalue weighted by atomic mass is 10.2. The number of nitrogens with zero attached hydrogens (tertiary/aromatic N) is 3. The SMILES string of the molecule is Cn1cnnc1SCC(=O)NC(=O)[C@H]1COc2ccccc2O1. The van der Waals surface area contributed by atoms with E-state index in [1.807, 2.05) is 6.07 Å². The van der Waals surface area contributed by atoms with Crippen molar-refractivity contribution in [3.8, 4) is 11.5 Å². The monoisotopic (exact) mass is 334 g/mol. The molecule has 2 heterocycles. The molecule has 1 aromatic carbocycles. The van der Waals surface area contributed by atoms with E-state index in [2.05, 4.69) is 15.5 Å². The Bertz CT molecular complexity index is 733. The molecule has 2 amide bonds. The van der Waals surface area contributed by atoms with Gasteiger partial charge in [-0.15, -0.1) is 10.2 Å². The Hall–Kier alpha value is -2.55. The Morgan fingerprint density at radius 1 is 1.39 bits per heavy atom. The van der Waals surface area contributed by atoms with Gasteiger partial charge in [0.1, 0.15) is 12.9 Å². The highest BCUT2D eigenvalue weighted by atomic mass is 32.2. The minimum atomic E-state index is -0.853. The lowest BCUT2D eigenvalue weighted by molar-refractivity contribution is -0.135. The van der Waals surface area contributed by atoms with Gasteiger partial charge in [0.15, 0.2) is 16.7 Å². The van der Waals surface area contributed by atoms with Gasteiger partial charge in [0.2, 0.25) is 12.0 Å². The molecule has 0 radical (unpaired) electrons. The molecule has 0 saturated heterocycles. The van der Waals surface area contributed by atoms with E-state index in [1.165, 1.54) is 18.1 Å². The van der Waals surface area contributed by atoms with Crippen LogP contribution < -0.4 is 14.8 Å². The van der Waals surface area contributed by atoms with Crippen molar-refractivity contribution in [3.63, 3.8) is 0 Å². The number of para-hydroxylation sites is 2. The fourth-order valence-corrected chi connectivity index (χ4v) is 2.62. The van der Waals surface area contributed by atoms with Gasteiger partial charge < -0.3 is 14.0 Å². The maximum atomic E-state index is 12.1. The van der Waals surface area contributed by atoms with Gasteiger partial charge in [-0.2, -0.15) is 0 Å². The molecule has 8 nitrogen and oxygen atoms in total. The van der Waals surface area contributed by atoms with Crippen molar-refractivity contribution in [3.05, 3.63) is 30.6 Å². The predicted octanol–water partition coefficient (Wildman–Crippen LogP) is 0.390. The zero-order valence-electron chi connectivity index (χ0n) is 12.3. The number of hydrogen-bond acceptors (Lipinski definition) is 7. The number of carbonyl (C=O) groups is 2. The Labute approximate surface area is 136 Å². The highest BCUT2D eigenvalue weighted by molar-refractivity contribution is 7.99.